The minimum atomic E-state index is -0.586. The van der Waals surface area contributed by atoms with E-state index in [1.54, 1.807) is 13.0 Å². The van der Waals surface area contributed by atoms with E-state index in [1.807, 2.05) is 6.07 Å². The van der Waals surface area contributed by atoms with Crippen molar-refractivity contribution in [2.75, 3.05) is 5.32 Å². The Hall–Kier alpha value is -2.74. The lowest BCUT2D eigenvalue weighted by atomic mass is 10.1. The first-order valence-corrected chi connectivity index (χ1v) is 5.54. The molecule has 19 heavy (non-hydrogen) atoms. The summed E-state index contributed by atoms with van der Waals surface area (Å²) >= 11 is 0. The molecule has 1 heterocycles. The van der Waals surface area contributed by atoms with Gasteiger partial charge in [-0.25, -0.2) is 9.37 Å². The highest BCUT2D eigenvalue weighted by atomic mass is 19.1. The highest BCUT2D eigenvalue weighted by molar-refractivity contribution is 6.04. The number of nitrogens with zero attached hydrogens (tertiary/aromatic N) is 2. The largest absolute Gasteiger partial charge is 0.306 e. The van der Waals surface area contributed by atoms with Crippen LogP contribution in [0.4, 0.5) is 10.2 Å². The van der Waals surface area contributed by atoms with E-state index in [1.165, 1.54) is 30.5 Å². The van der Waals surface area contributed by atoms with E-state index in [4.69, 9.17) is 5.26 Å². The molecule has 2 rings (SSSR count). The average molecular weight is 255 g/mol. The number of aromatic nitrogens is 1. The maximum absolute atomic E-state index is 13.5. The number of carbonyl (C=O) groups is 1. The molecule has 0 radical (unpaired) electrons. The number of amides is 1. The molecule has 5 heteroatoms. The number of aryl methyl sites for hydroxylation is 1. The van der Waals surface area contributed by atoms with Gasteiger partial charge in [-0.2, -0.15) is 5.26 Å². The van der Waals surface area contributed by atoms with E-state index in [9.17, 15) is 9.18 Å². The monoisotopic (exact) mass is 255 g/mol. The fraction of sp³-hybridized carbons (Fsp3) is 0.0714. The Bertz CT molecular complexity index is 659. The zero-order valence-electron chi connectivity index (χ0n) is 10.1. The van der Waals surface area contributed by atoms with Crippen molar-refractivity contribution in [3.63, 3.8) is 0 Å². The maximum atomic E-state index is 13.5. The van der Waals surface area contributed by atoms with Gasteiger partial charge in [0.25, 0.3) is 5.91 Å². The number of hydrogen-bond donors (Lipinski definition) is 1. The molecule has 0 atom stereocenters. The standard InChI is InChI=1S/C14H10FN3O/c1-9-2-4-12(15)11(6-9)14(19)18-13-5-3-10(7-16)8-17-13/h2-6,8H,1H3,(H,17,18,19). The predicted molar refractivity (Wildman–Crippen MR) is 68.0 cm³/mol. The van der Waals surface area contributed by atoms with Crippen LogP contribution in [0, 0.1) is 24.1 Å². The van der Waals surface area contributed by atoms with Crippen molar-refractivity contribution in [2.45, 2.75) is 6.92 Å². The predicted octanol–water partition coefficient (Wildman–Crippen LogP) is 2.65. The third-order valence-electron chi connectivity index (χ3n) is 2.50. The summed E-state index contributed by atoms with van der Waals surface area (Å²) in [6, 6.07) is 9.24. The topological polar surface area (TPSA) is 65.8 Å². The van der Waals surface area contributed by atoms with Crippen LogP contribution in [-0.2, 0) is 0 Å². The van der Waals surface area contributed by atoms with Crippen molar-refractivity contribution in [1.82, 2.24) is 4.98 Å². The molecule has 94 valence electrons. The van der Waals surface area contributed by atoms with Crippen molar-refractivity contribution < 1.29 is 9.18 Å². The Balaban J connectivity index is 2.21. The molecule has 0 unspecified atom stereocenters. The summed E-state index contributed by atoms with van der Waals surface area (Å²) in [6.45, 7) is 1.77. The molecule has 1 N–H and O–H groups in total. The highest BCUT2D eigenvalue weighted by Crippen LogP contribution is 2.12. The number of pyridine rings is 1. The summed E-state index contributed by atoms with van der Waals surface area (Å²) in [6.07, 6.45) is 1.34. The van der Waals surface area contributed by atoms with Crippen LogP contribution in [0.1, 0.15) is 21.5 Å². The molecule has 0 spiro atoms. The van der Waals surface area contributed by atoms with Gasteiger partial charge in [0.2, 0.25) is 0 Å². The molecule has 2 aromatic rings. The van der Waals surface area contributed by atoms with Crippen molar-refractivity contribution in [3.8, 4) is 6.07 Å². The summed E-state index contributed by atoms with van der Waals surface area (Å²) in [5.41, 5.74) is 1.14. The van der Waals surface area contributed by atoms with Gasteiger partial charge in [-0.1, -0.05) is 11.6 Å². The number of nitriles is 1. The number of benzene rings is 1. The lowest BCUT2D eigenvalue weighted by Gasteiger charge is -2.06. The normalized spacial score (nSPS) is 9.74. The first-order chi connectivity index (χ1) is 9.10. The Labute approximate surface area is 109 Å². The average Bonchev–Trinajstić information content (AvgIpc) is 2.42. The fourth-order valence-electron chi connectivity index (χ4n) is 1.53. The Morgan fingerprint density at radius 1 is 1.37 bits per heavy atom. The van der Waals surface area contributed by atoms with Crippen molar-refractivity contribution in [1.29, 1.82) is 5.26 Å². The second-order valence-electron chi connectivity index (χ2n) is 3.98. The highest BCUT2D eigenvalue weighted by Gasteiger charge is 2.12. The molecule has 0 aliphatic carbocycles. The number of halogens is 1. The molecule has 0 saturated carbocycles. The van der Waals surface area contributed by atoms with E-state index in [-0.39, 0.29) is 11.4 Å². The van der Waals surface area contributed by atoms with Gasteiger partial charge in [0.05, 0.1) is 11.1 Å². The van der Waals surface area contributed by atoms with E-state index in [0.29, 0.717) is 5.56 Å². The number of nitrogens with one attached hydrogen (secondary N) is 1. The number of rotatable bonds is 2. The van der Waals surface area contributed by atoms with Gasteiger partial charge in [0.1, 0.15) is 17.7 Å². The van der Waals surface area contributed by atoms with Crippen molar-refractivity contribution in [3.05, 3.63) is 59.0 Å². The lowest BCUT2D eigenvalue weighted by molar-refractivity contribution is 0.102. The zero-order chi connectivity index (χ0) is 13.8. The summed E-state index contributed by atoms with van der Waals surface area (Å²) in [5.74, 6) is -0.889. The summed E-state index contributed by atoms with van der Waals surface area (Å²) in [5, 5.41) is 11.1. The molecule has 4 nitrogen and oxygen atoms in total. The summed E-state index contributed by atoms with van der Waals surface area (Å²) in [4.78, 5) is 15.8. The molecular weight excluding hydrogens is 245 g/mol. The Kier molecular flexibility index (Phi) is 3.53. The smallest absolute Gasteiger partial charge is 0.259 e. The van der Waals surface area contributed by atoms with Crippen molar-refractivity contribution >= 4 is 11.7 Å². The van der Waals surface area contributed by atoms with Gasteiger partial charge in [0.15, 0.2) is 0 Å². The van der Waals surface area contributed by atoms with Gasteiger partial charge in [0, 0.05) is 6.20 Å². The van der Waals surface area contributed by atoms with E-state index < -0.39 is 11.7 Å². The number of hydrogen-bond acceptors (Lipinski definition) is 3. The zero-order valence-corrected chi connectivity index (χ0v) is 10.1. The molecule has 0 aliphatic rings. The van der Waals surface area contributed by atoms with Crippen LogP contribution < -0.4 is 5.32 Å². The van der Waals surface area contributed by atoms with Crippen LogP contribution in [0.3, 0.4) is 0 Å². The maximum Gasteiger partial charge on any atom is 0.259 e. The van der Waals surface area contributed by atoms with Crippen LogP contribution in [0.15, 0.2) is 36.5 Å². The first-order valence-electron chi connectivity index (χ1n) is 5.54. The van der Waals surface area contributed by atoms with Crippen LogP contribution >= 0.6 is 0 Å². The molecule has 1 aromatic carbocycles. The first kappa shape index (κ1) is 12.7. The summed E-state index contributed by atoms with van der Waals surface area (Å²) < 4.78 is 13.5. The third kappa shape index (κ3) is 2.93. The van der Waals surface area contributed by atoms with Gasteiger partial charge < -0.3 is 5.32 Å². The van der Waals surface area contributed by atoms with E-state index in [0.717, 1.165) is 5.56 Å². The van der Waals surface area contributed by atoms with Crippen LogP contribution in [0.25, 0.3) is 0 Å². The van der Waals surface area contributed by atoms with Gasteiger partial charge in [-0.15, -0.1) is 0 Å². The lowest BCUT2D eigenvalue weighted by Crippen LogP contribution is -2.14. The molecule has 0 bridgehead atoms. The Morgan fingerprint density at radius 2 is 2.16 bits per heavy atom. The molecule has 0 fully saturated rings. The van der Waals surface area contributed by atoms with E-state index >= 15 is 0 Å². The third-order valence-corrected chi connectivity index (χ3v) is 2.50. The summed E-state index contributed by atoms with van der Waals surface area (Å²) in [7, 11) is 0. The van der Waals surface area contributed by atoms with Crippen LogP contribution in [-0.4, -0.2) is 10.9 Å². The quantitative estimate of drug-likeness (QED) is 0.897. The van der Waals surface area contributed by atoms with Gasteiger partial charge in [-0.05, 0) is 31.2 Å². The molecule has 1 aromatic heterocycles. The molecule has 0 saturated heterocycles. The SMILES string of the molecule is Cc1ccc(F)c(C(=O)Nc2ccc(C#N)cn2)c1. The van der Waals surface area contributed by atoms with E-state index in [2.05, 4.69) is 10.3 Å². The molecule has 0 aliphatic heterocycles. The second kappa shape index (κ2) is 5.27. The fourth-order valence-corrected chi connectivity index (χ4v) is 1.53. The van der Waals surface area contributed by atoms with Crippen molar-refractivity contribution in [2.24, 2.45) is 0 Å². The Morgan fingerprint density at radius 3 is 2.79 bits per heavy atom. The second-order valence-corrected chi connectivity index (χ2v) is 3.98. The van der Waals surface area contributed by atoms with Gasteiger partial charge >= 0.3 is 0 Å². The molecule has 1 amide bonds. The van der Waals surface area contributed by atoms with Crippen LogP contribution in [0.2, 0.25) is 0 Å². The minimum absolute atomic E-state index is 0.0360. The van der Waals surface area contributed by atoms with Crippen LogP contribution in [0.5, 0.6) is 0 Å². The van der Waals surface area contributed by atoms with Gasteiger partial charge in [-0.3, -0.25) is 4.79 Å². The minimum Gasteiger partial charge on any atom is -0.306 e. The number of carbonyl (C=O) groups excluding carboxylic acids is 1. The molecular formula is C14H10FN3O. The number of anilines is 1.